The Morgan fingerprint density at radius 2 is 2.28 bits per heavy atom. The third kappa shape index (κ3) is 3.02. The van der Waals surface area contributed by atoms with E-state index in [4.69, 9.17) is 9.84 Å². The number of hydrogen-bond donors (Lipinski definition) is 1. The van der Waals surface area contributed by atoms with Crippen LogP contribution in [0.1, 0.15) is 23.7 Å². The van der Waals surface area contributed by atoms with Crippen molar-refractivity contribution >= 4 is 22.3 Å². The van der Waals surface area contributed by atoms with E-state index in [-0.39, 0.29) is 6.42 Å². The van der Waals surface area contributed by atoms with E-state index in [1.165, 1.54) is 11.3 Å². The predicted octanol–water partition coefficient (Wildman–Crippen LogP) is 0.782. The molecule has 0 spiro atoms. The summed E-state index contributed by atoms with van der Waals surface area (Å²) in [5.74, 6) is -0.00799. The first-order valence-electron chi connectivity index (χ1n) is 5.61. The molecule has 8 heteroatoms. The van der Waals surface area contributed by atoms with Crippen molar-refractivity contribution in [3.05, 3.63) is 10.8 Å². The number of hydrogen-bond acceptors (Lipinski definition) is 6. The summed E-state index contributed by atoms with van der Waals surface area (Å²) >= 11 is 1.45. The van der Waals surface area contributed by atoms with Gasteiger partial charge in [-0.2, -0.15) is 9.61 Å². The highest BCUT2D eigenvalue weighted by Crippen LogP contribution is 2.16. The second-order valence-electron chi connectivity index (χ2n) is 3.80. The summed E-state index contributed by atoms with van der Waals surface area (Å²) in [4.78, 5) is 11.2. The molecule has 0 radical (unpaired) electrons. The van der Waals surface area contributed by atoms with Gasteiger partial charge in [0.2, 0.25) is 4.96 Å². The number of aryl methyl sites for hydroxylation is 1. The SMILES string of the molecule is COCCc1nnc2sc(CCCC(=O)O)nn12. The van der Waals surface area contributed by atoms with Gasteiger partial charge in [-0.25, -0.2) is 0 Å². The van der Waals surface area contributed by atoms with Crippen molar-refractivity contribution in [2.75, 3.05) is 13.7 Å². The largest absolute Gasteiger partial charge is 0.481 e. The van der Waals surface area contributed by atoms with Crippen LogP contribution in [0.4, 0.5) is 0 Å². The number of fused-ring (bicyclic) bond motifs is 1. The van der Waals surface area contributed by atoms with Crippen LogP contribution in [0.25, 0.3) is 4.96 Å². The standard InChI is InChI=1S/C10H14N4O3S/c1-17-6-5-7-11-12-10-14(7)13-8(18-10)3-2-4-9(15)16/h2-6H2,1H3,(H,15,16). The highest BCUT2D eigenvalue weighted by atomic mass is 32.1. The fourth-order valence-electron chi connectivity index (χ4n) is 1.54. The average molecular weight is 270 g/mol. The van der Waals surface area contributed by atoms with Gasteiger partial charge in [0, 0.05) is 26.4 Å². The van der Waals surface area contributed by atoms with Gasteiger partial charge in [0.15, 0.2) is 5.82 Å². The van der Waals surface area contributed by atoms with Crippen molar-refractivity contribution in [2.45, 2.75) is 25.7 Å². The Labute approximate surface area is 107 Å². The lowest BCUT2D eigenvalue weighted by Gasteiger charge is -1.95. The molecule has 0 aromatic carbocycles. The predicted molar refractivity (Wildman–Crippen MR) is 64.8 cm³/mol. The van der Waals surface area contributed by atoms with Crippen LogP contribution in [0.5, 0.6) is 0 Å². The van der Waals surface area contributed by atoms with E-state index in [0.29, 0.717) is 25.9 Å². The highest BCUT2D eigenvalue weighted by Gasteiger charge is 2.11. The quantitative estimate of drug-likeness (QED) is 0.799. The third-order valence-corrected chi connectivity index (χ3v) is 3.37. The normalized spacial score (nSPS) is 11.2. The fourth-order valence-corrected chi connectivity index (χ4v) is 2.43. The van der Waals surface area contributed by atoms with E-state index in [1.807, 2.05) is 0 Å². The summed E-state index contributed by atoms with van der Waals surface area (Å²) in [5.41, 5.74) is 0. The van der Waals surface area contributed by atoms with Gasteiger partial charge < -0.3 is 9.84 Å². The zero-order valence-corrected chi connectivity index (χ0v) is 10.8. The maximum atomic E-state index is 10.4. The van der Waals surface area contributed by atoms with Gasteiger partial charge in [0.05, 0.1) is 6.61 Å². The molecule has 0 aliphatic rings. The Hall–Kier alpha value is -1.54. The lowest BCUT2D eigenvalue weighted by Crippen LogP contribution is -2.02. The molecule has 2 aromatic heterocycles. The van der Waals surface area contributed by atoms with Crippen LogP contribution in [-0.2, 0) is 22.4 Å². The van der Waals surface area contributed by atoms with Gasteiger partial charge in [-0.15, -0.1) is 10.2 Å². The molecule has 7 nitrogen and oxygen atoms in total. The molecular formula is C10H14N4O3S. The lowest BCUT2D eigenvalue weighted by atomic mass is 10.2. The molecule has 2 aromatic rings. The minimum Gasteiger partial charge on any atom is -0.481 e. The number of carboxylic acid groups (broad SMARTS) is 1. The molecule has 0 atom stereocenters. The van der Waals surface area contributed by atoms with Crippen molar-refractivity contribution in [1.82, 2.24) is 19.8 Å². The molecule has 0 fully saturated rings. The average Bonchev–Trinajstić information content (AvgIpc) is 2.86. The Balaban J connectivity index is 2.03. The minimum atomic E-state index is -0.779. The molecule has 0 aliphatic heterocycles. The van der Waals surface area contributed by atoms with E-state index < -0.39 is 5.97 Å². The zero-order chi connectivity index (χ0) is 13.0. The second-order valence-corrected chi connectivity index (χ2v) is 4.84. The van der Waals surface area contributed by atoms with Gasteiger partial charge in [-0.1, -0.05) is 11.3 Å². The fraction of sp³-hybridized carbons (Fsp3) is 0.600. The molecule has 0 amide bonds. The van der Waals surface area contributed by atoms with Crippen LogP contribution < -0.4 is 0 Å². The van der Waals surface area contributed by atoms with E-state index in [1.54, 1.807) is 11.6 Å². The summed E-state index contributed by atoms with van der Waals surface area (Å²) in [6, 6.07) is 0. The van der Waals surface area contributed by atoms with Gasteiger partial charge in [0.1, 0.15) is 5.01 Å². The smallest absolute Gasteiger partial charge is 0.303 e. The Morgan fingerprint density at radius 1 is 1.44 bits per heavy atom. The second kappa shape index (κ2) is 5.87. The zero-order valence-electron chi connectivity index (χ0n) is 10.00. The molecule has 18 heavy (non-hydrogen) atoms. The van der Waals surface area contributed by atoms with E-state index in [0.717, 1.165) is 15.8 Å². The summed E-state index contributed by atoms with van der Waals surface area (Å²) in [7, 11) is 1.64. The van der Waals surface area contributed by atoms with Crippen LogP contribution in [0, 0.1) is 0 Å². The van der Waals surface area contributed by atoms with Gasteiger partial charge in [-0.3, -0.25) is 4.79 Å². The molecule has 1 N–H and O–H groups in total. The number of carboxylic acids is 1. The number of aliphatic carboxylic acids is 1. The molecule has 98 valence electrons. The first-order chi connectivity index (χ1) is 8.70. The monoisotopic (exact) mass is 270 g/mol. The summed E-state index contributed by atoms with van der Waals surface area (Å²) < 4.78 is 6.70. The Bertz CT molecular complexity index is 536. The van der Waals surface area contributed by atoms with Crippen molar-refractivity contribution in [1.29, 1.82) is 0 Å². The van der Waals surface area contributed by atoms with Crippen molar-refractivity contribution in [3.8, 4) is 0 Å². The van der Waals surface area contributed by atoms with Gasteiger partial charge in [-0.05, 0) is 6.42 Å². The van der Waals surface area contributed by atoms with Crippen LogP contribution in [-0.4, -0.2) is 44.6 Å². The number of aromatic nitrogens is 4. The number of carbonyl (C=O) groups is 1. The summed E-state index contributed by atoms with van der Waals surface area (Å²) in [6.45, 7) is 0.576. The van der Waals surface area contributed by atoms with Crippen LogP contribution in [0.2, 0.25) is 0 Å². The maximum absolute atomic E-state index is 10.4. The first-order valence-corrected chi connectivity index (χ1v) is 6.43. The highest BCUT2D eigenvalue weighted by molar-refractivity contribution is 7.16. The molecule has 2 rings (SSSR count). The van der Waals surface area contributed by atoms with Crippen LogP contribution in [0.3, 0.4) is 0 Å². The Kier molecular flexibility index (Phi) is 4.21. The minimum absolute atomic E-state index is 0.163. The van der Waals surface area contributed by atoms with E-state index in [9.17, 15) is 4.79 Å². The van der Waals surface area contributed by atoms with E-state index >= 15 is 0 Å². The molecule has 2 heterocycles. The number of ether oxygens (including phenoxy) is 1. The van der Waals surface area contributed by atoms with Gasteiger partial charge in [0.25, 0.3) is 0 Å². The third-order valence-electron chi connectivity index (χ3n) is 2.41. The first kappa shape index (κ1) is 12.9. The van der Waals surface area contributed by atoms with Crippen molar-refractivity contribution in [3.63, 3.8) is 0 Å². The molecule has 0 saturated carbocycles. The van der Waals surface area contributed by atoms with E-state index in [2.05, 4.69) is 15.3 Å². The van der Waals surface area contributed by atoms with Crippen molar-refractivity contribution < 1.29 is 14.6 Å². The number of nitrogens with zero attached hydrogens (tertiary/aromatic N) is 4. The molecule has 0 saturated heterocycles. The van der Waals surface area contributed by atoms with Crippen LogP contribution in [0.15, 0.2) is 0 Å². The molecule has 0 unspecified atom stereocenters. The molecular weight excluding hydrogens is 256 g/mol. The summed E-state index contributed by atoms with van der Waals surface area (Å²) in [6.07, 6.45) is 2.07. The Morgan fingerprint density at radius 3 is 3.00 bits per heavy atom. The maximum Gasteiger partial charge on any atom is 0.303 e. The van der Waals surface area contributed by atoms with Crippen molar-refractivity contribution in [2.24, 2.45) is 0 Å². The van der Waals surface area contributed by atoms with Gasteiger partial charge >= 0.3 is 5.97 Å². The topological polar surface area (TPSA) is 89.6 Å². The summed E-state index contributed by atoms with van der Waals surface area (Å²) in [5, 5.41) is 21.9. The number of methoxy groups -OCH3 is 1. The molecule has 0 aliphatic carbocycles. The molecule has 0 bridgehead atoms. The number of rotatable bonds is 7. The lowest BCUT2D eigenvalue weighted by molar-refractivity contribution is -0.137. The van der Waals surface area contributed by atoms with Crippen LogP contribution >= 0.6 is 11.3 Å².